The maximum atomic E-state index is 13.4. The molecule has 0 fully saturated rings. The lowest BCUT2D eigenvalue weighted by Gasteiger charge is -2.44. The number of aliphatic hydroxyl groups is 1. The van der Waals surface area contributed by atoms with E-state index in [9.17, 15) is 24.8 Å². The Balaban J connectivity index is 2.01. The van der Waals surface area contributed by atoms with Gasteiger partial charge in [0.05, 0.1) is 17.1 Å². The standard InChI is InChI=1S/C24H24N4O6S/c1-3-34-22(30)19-17(14-10-12-16(13-11-14)28(32)33)18-20(25-23(35-4-2)26-21(18)29)27-24(19,31)15-8-6-5-7-9-15/h5-13,17,19,31H,3-4H2,1-2H3,(H2,25,26,27,29)/t17-,19-,24-/m0/s1. The van der Waals surface area contributed by atoms with Crippen LogP contribution in [0.5, 0.6) is 0 Å². The molecule has 0 aliphatic carbocycles. The molecule has 0 spiro atoms. The number of carbonyl (C=O) groups excluding carboxylic acids is 1. The Bertz CT molecular complexity index is 1300. The third-order valence-electron chi connectivity index (χ3n) is 5.84. The van der Waals surface area contributed by atoms with E-state index in [1.165, 1.54) is 36.0 Å². The molecule has 0 unspecified atom stereocenters. The quantitative estimate of drug-likeness (QED) is 0.147. The summed E-state index contributed by atoms with van der Waals surface area (Å²) in [6, 6.07) is 14.1. The minimum Gasteiger partial charge on any atom is -0.466 e. The van der Waals surface area contributed by atoms with E-state index in [0.29, 0.717) is 22.0 Å². The second-order valence-corrected chi connectivity index (χ2v) is 9.13. The Morgan fingerprint density at radius 1 is 1.20 bits per heavy atom. The van der Waals surface area contributed by atoms with Gasteiger partial charge in [0.15, 0.2) is 10.9 Å². The lowest BCUT2D eigenvalue weighted by Crippen LogP contribution is -2.54. The first-order valence-electron chi connectivity index (χ1n) is 11.0. The van der Waals surface area contributed by atoms with E-state index in [0.717, 1.165) is 0 Å². The van der Waals surface area contributed by atoms with E-state index in [2.05, 4.69) is 15.3 Å². The van der Waals surface area contributed by atoms with Crippen molar-refractivity contribution in [2.24, 2.45) is 5.92 Å². The molecule has 0 saturated carbocycles. The normalized spacial score (nSPS) is 21.0. The van der Waals surface area contributed by atoms with Crippen molar-refractivity contribution in [2.75, 3.05) is 17.7 Å². The smallest absolute Gasteiger partial charge is 0.315 e. The van der Waals surface area contributed by atoms with Crippen LogP contribution in [0.15, 0.2) is 64.5 Å². The zero-order valence-corrected chi connectivity index (χ0v) is 19.9. The highest BCUT2D eigenvalue weighted by molar-refractivity contribution is 7.99. The van der Waals surface area contributed by atoms with Crippen LogP contribution >= 0.6 is 11.8 Å². The van der Waals surface area contributed by atoms with Gasteiger partial charge in [0.25, 0.3) is 11.2 Å². The number of ether oxygens (including phenoxy) is 1. The van der Waals surface area contributed by atoms with Crippen LogP contribution in [0.4, 0.5) is 11.5 Å². The third-order valence-corrected chi connectivity index (χ3v) is 6.59. The maximum Gasteiger partial charge on any atom is 0.315 e. The number of anilines is 1. The monoisotopic (exact) mass is 496 g/mol. The van der Waals surface area contributed by atoms with Gasteiger partial charge in [0.2, 0.25) is 0 Å². The molecule has 2 aromatic carbocycles. The number of esters is 1. The van der Waals surface area contributed by atoms with Crippen LogP contribution < -0.4 is 10.9 Å². The Morgan fingerprint density at radius 3 is 2.49 bits per heavy atom. The van der Waals surface area contributed by atoms with Crippen molar-refractivity contribution >= 4 is 29.2 Å². The first-order valence-corrected chi connectivity index (χ1v) is 12.0. The zero-order chi connectivity index (χ0) is 25.2. The number of rotatable bonds is 7. The molecule has 182 valence electrons. The summed E-state index contributed by atoms with van der Waals surface area (Å²) < 4.78 is 5.35. The molecule has 0 bridgehead atoms. The summed E-state index contributed by atoms with van der Waals surface area (Å²) in [5, 5.41) is 26.6. The van der Waals surface area contributed by atoms with Gasteiger partial charge in [-0.2, -0.15) is 0 Å². The van der Waals surface area contributed by atoms with E-state index in [4.69, 9.17) is 4.74 Å². The Kier molecular flexibility index (Phi) is 6.90. The summed E-state index contributed by atoms with van der Waals surface area (Å²) in [5.74, 6) is -2.26. The van der Waals surface area contributed by atoms with Gasteiger partial charge in [-0.3, -0.25) is 19.7 Å². The van der Waals surface area contributed by atoms with E-state index >= 15 is 0 Å². The number of nitro benzene ring substituents is 1. The van der Waals surface area contributed by atoms with Gasteiger partial charge in [-0.25, -0.2) is 4.98 Å². The zero-order valence-electron chi connectivity index (χ0n) is 19.1. The maximum absolute atomic E-state index is 13.4. The molecule has 10 nitrogen and oxygen atoms in total. The van der Waals surface area contributed by atoms with Crippen molar-refractivity contribution in [1.29, 1.82) is 0 Å². The molecule has 2 heterocycles. The number of hydrogen-bond acceptors (Lipinski definition) is 9. The number of aromatic nitrogens is 2. The van der Waals surface area contributed by atoms with Crippen molar-refractivity contribution in [3.8, 4) is 0 Å². The van der Waals surface area contributed by atoms with Gasteiger partial charge in [0, 0.05) is 23.6 Å². The summed E-state index contributed by atoms with van der Waals surface area (Å²) in [7, 11) is 0. The topological polar surface area (TPSA) is 147 Å². The van der Waals surface area contributed by atoms with Gasteiger partial charge in [-0.05, 0) is 18.2 Å². The predicted molar refractivity (Wildman–Crippen MR) is 130 cm³/mol. The number of benzene rings is 2. The molecule has 4 rings (SSSR count). The molecule has 1 aromatic heterocycles. The summed E-state index contributed by atoms with van der Waals surface area (Å²) in [5.41, 5.74) is -1.67. The molecule has 0 saturated heterocycles. The molecule has 1 aliphatic rings. The van der Waals surface area contributed by atoms with Gasteiger partial charge < -0.3 is 20.1 Å². The molecule has 3 atom stereocenters. The lowest BCUT2D eigenvalue weighted by atomic mass is 9.71. The number of nitrogens with one attached hydrogen (secondary N) is 2. The number of aromatic amines is 1. The van der Waals surface area contributed by atoms with Crippen LogP contribution in [0.2, 0.25) is 0 Å². The molecule has 1 aliphatic heterocycles. The first-order chi connectivity index (χ1) is 16.8. The molecular formula is C24H24N4O6S. The van der Waals surface area contributed by atoms with Crippen molar-refractivity contribution in [2.45, 2.75) is 30.6 Å². The van der Waals surface area contributed by atoms with Gasteiger partial charge in [-0.15, -0.1) is 0 Å². The number of nitrogens with zero attached hydrogens (tertiary/aromatic N) is 2. The summed E-state index contributed by atoms with van der Waals surface area (Å²) in [6.07, 6.45) is 0. The fraction of sp³-hybridized carbons (Fsp3) is 0.292. The van der Waals surface area contributed by atoms with Crippen LogP contribution in [0.1, 0.15) is 36.5 Å². The number of carbonyl (C=O) groups is 1. The molecule has 3 N–H and O–H groups in total. The Morgan fingerprint density at radius 2 is 1.89 bits per heavy atom. The molecule has 11 heteroatoms. The van der Waals surface area contributed by atoms with Crippen LogP contribution in [-0.4, -0.2) is 38.3 Å². The highest BCUT2D eigenvalue weighted by atomic mass is 32.2. The van der Waals surface area contributed by atoms with Crippen LogP contribution in [0.25, 0.3) is 0 Å². The van der Waals surface area contributed by atoms with Gasteiger partial charge in [-0.1, -0.05) is 61.2 Å². The van der Waals surface area contributed by atoms with E-state index in [1.54, 1.807) is 37.3 Å². The predicted octanol–water partition coefficient (Wildman–Crippen LogP) is 3.37. The van der Waals surface area contributed by atoms with Crippen LogP contribution in [0.3, 0.4) is 0 Å². The van der Waals surface area contributed by atoms with Crippen LogP contribution in [-0.2, 0) is 15.3 Å². The van der Waals surface area contributed by atoms with E-state index in [1.807, 2.05) is 6.92 Å². The van der Waals surface area contributed by atoms with Gasteiger partial charge >= 0.3 is 5.97 Å². The number of nitro groups is 1. The number of H-pyrrole nitrogens is 1. The summed E-state index contributed by atoms with van der Waals surface area (Å²) in [6.45, 7) is 3.61. The average molecular weight is 497 g/mol. The Labute approximate surface area is 204 Å². The average Bonchev–Trinajstić information content (AvgIpc) is 2.84. The number of non-ortho nitro benzene ring substituents is 1. The highest BCUT2D eigenvalue weighted by Crippen LogP contribution is 2.49. The highest BCUT2D eigenvalue weighted by Gasteiger charge is 2.54. The fourth-order valence-corrected chi connectivity index (χ4v) is 4.96. The minimum absolute atomic E-state index is 0.0563. The van der Waals surface area contributed by atoms with E-state index < -0.39 is 34.0 Å². The fourth-order valence-electron chi connectivity index (χ4n) is 4.36. The second-order valence-electron chi connectivity index (χ2n) is 7.88. The SMILES string of the molecule is CCOC(=O)[C@@H]1[C@@H](c2ccc([N+](=O)[O-])cc2)c2c(nc(SCC)[nH]c2=O)N[C@]1(O)c1ccccc1. The molecular weight excluding hydrogens is 472 g/mol. The number of hydrogen-bond donors (Lipinski definition) is 3. The minimum atomic E-state index is -1.98. The molecule has 0 radical (unpaired) electrons. The number of fused-ring (bicyclic) bond motifs is 1. The lowest BCUT2D eigenvalue weighted by molar-refractivity contribution is -0.384. The molecule has 0 amide bonds. The largest absolute Gasteiger partial charge is 0.466 e. The first kappa shape index (κ1) is 24.4. The van der Waals surface area contributed by atoms with Crippen molar-refractivity contribution < 1.29 is 19.6 Å². The van der Waals surface area contributed by atoms with Crippen molar-refractivity contribution in [1.82, 2.24) is 9.97 Å². The van der Waals surface area contributed by atoms with Crippen molar-refractivity contribution in [3.05, 3.63) is 91.8 Å². The summed E-state index contributed by atoms with van der Waals surface area (Å²) in [4.78, 5) is 44.6. The molecule has 35 heavy (non-hydrogen) atoms. The molecule has 3 aromatic rings. The Hall–Kier alpha value is -3.70. The second kappa shape index (κ2) is 9.88. The summed E-state index contributed by atoms with van der Waals surface area (Å²) >= 11 is 1.32. The van der Waals surface area contributed by atoms with Gasteiger partial charge in [0.1, 0.15) is 11.7 Å². The van der Waals surface area contributed by atoms with Crippen molar-refractivity contribution in [3.63, 3.8) is 0 Å². The van der Waals surface area contributed by atoms with E-state index in [-0.39, 0.29) is 23.7 Å². The van der Waals surface area contributed by atoms with Crippen LogP contribution in [0, 0.1) is 16.0 Å². The number of thioether (sulfide) groups is 1. The third kappa shape index (κ3) is 4.52.